The number of phenolic OH excluding ortho intramolecular Hbond substituents is 1. The molecular formula is C71H83N5O9. The smallest absolute Gasteiger partial charge is 0.160 e. The lowest BCUT2D eigenvalue weighted by molar-refractivity contribution is -0.149. The van der Waals surface area contributed by atoms with Crippen LogP contribution in [-0.2, 0) is 16.0 Å². The van der Waals surface area contributed by atoms with Crippen LogP contribution in [0.15, 0.2) is 90.4 Å². The summed E-state index contributed by atoms with van der Waals surface area (Å²) in [5.74, 6) is 14.8. The van der Waals surface area contributed by atoms with Gasteiger partial charge in [0.1, 0.15) is 11.2 Å². The van der Waals surface area contributed by atoms with E-state index in [9.17, 15) is 35.4 Å². The molecule has 4 saturated carbocycles. The number of piperidine rings is 1. The second-order valence-electron chi connectivity index (χ2n) is 27.5. The fraction of sp³-hybridized carbons (Fsp3) is 0.549. The lowest BCUT2D eigenvalue weighted by atomic mass is 9.40. The fourth-order valence-electron chi connectivity index (χ4n) is 19.4. The predicted octanol–water partition coefficient (Wildman–Crippen LogP) is 7.44. The minimum Gasteiger partial charge on any atom is -0.504 e. The number of methoxy groups -OCH3 is 1. The minimum atomic E-state index is -1.50. The number of Topliss-reactive ketones (excluding diaryl/α,β-unsaturated/α-hetero) is 2. The molecule has 85 heavy (non-hydrogen) atoms. The first-order chi connectivity index (χ1) is 41.1. The van der Waals surface area contributed by atoms with E-state index in [1.165, 1.54) is 18.4 Å². The van der Waals surface area contributed by atoms with Gasteiger partial charge in [0.05, 0.1) is 31.2 Å². The first-order valence-electron chi connectivity index (χ1n) is 31.8. The van der Waals surface area contributed by atoms with E-state index in [0.717, 1.165) is 52.3 Å². The molecule has 14 nitrogen and oxygen atoms in total. The van der Waals surface area contributed by atoms with E-state index in [1.807, 2.05) is 18.2 Å². The number of aryl methyl sites for hydroxylation is 1. The van der Waals surface area contributed by atoms with Gasteiger partial charge in [-0.15, -0.1) is 5.92 Å². The van der Waals surface area contributed by atoms with E-state index < -0.39 is 35.9 Å². The summed E-state index contributed by atoms with van der Waals surface area (Å²) in [7, 11) is 1.48. The highest BCUT2D eigenvalue weighted by molar-refractivity contribution is 5.90. The number of ketones is 2. The number of aliphatic hydroxyl groups excluding tert-OH is 4. The van der Waals surface area contributed by atoms with Crippen molar-refractivity contribution in [2.75, 3.05) is 20.2 Å². The second-order valence-corrected chi connectivity index (χ2v) is 27.5. The molecule has 11 aliphatic rings. The summed E-state index contributed by atoms with van der Waals surface area (Å²) in [4.78, 5) is 33.5. The van der Waals surface area contributed by atoms with E-state index >= 15 is 4.79 Å². The molecule has 4 aromatic rings. The Balaban J connectivity index is 0.822. The Bertz CT molecular complexity index is 3530. The highest BCUT2D eigenvalue weighted by atomic mass is 16.5. The molecule has 5 fully saturated rings. The zero-order valence-corrected chi connectivity index (χ0v) is 48.9. The summed E-state index contributed by atoms with van der Waals surface area (Å²) in [5, 5.41) is 84.5. The third kappa shape index (κ3) is 9.69. The minimum absolute atomic E-state index is 0.00351. The van der Waals surface area contributed by atoms with Gasteiger partial charge in [-0.2, -0.15) is 0 Å². The normalized spacial score (nSPS) is 36.9. The van der Waals surface area contributed by atoms with Crippen LogP contribution in [0.5, 0.6) is 11.5 Å². The number of carbonyl (C=O) groups excluding carboxylic acids is 2. The maximum atomic E-state index is 15.3. The second kappa shape index (κ2) is 22.2. The number of aromatic hydroxyl groups is 1. The van der Waals surface area contributed by atoms with Crippen molar-refractivity contribution in [3.8, 4) is 35.2 Å². The number of aromatic amines is 1. The average Bonchev–Trinajstić information content (AvgIpc) is 1.70. The Morgan fingerprint density at radius 2 is 1.76 bits per heavy atom. The fourth-order valence-corrected chi connectivity index (χ4v) is 19.4. The lowest BCUT2D eigenvalue weighted by Gasteiger charge is -2.67. The number of ether oxygens (including phenoxy) is 1. The van der Waals surface area contributed by atoms with Gasteiger partial charge in [-0.25, -0.2) is 0 Å². The van der Waals surface area contributed by atoms with Gasteiger partial charge in [-0.05, 0) is 181 Å². The zero-order chi connectivity index (χ0) is 58.6. The number of nitrogens with one attached hydrogen (secondary N) is 4. The first-order valence-corrected chi connectivity index (χ1v) is 31.8. The van der Waals surface area contributed by atoms with Crippen LogP contribution in [0.4, 0.5) is 0 Å². The van der Waals surface area contributed by atoms with Crippen LogP contribution in [-0.4, -0.2) is 110 Å². The van der Waals surface area contributed by atoms with Gasteiger partial charge >= 0.3 is 0 Å². The van der Waals surface area contributed by atoms with Gasteiger partial charge < -0.3 is 62.0 Å². The van der Waals surface area contributed by atoms with Crippen LogP contribution in [0.1, 0.15) is 148 Å². The summed E-state index contributed by atoms with van der Waals surface area (Å²) in [5.41, 5.74) is 11.6. The number of phenols is 1. The van der Waals surface area contributed by atoms with Gasteiger partial charge in [-0.1, -0.05) is 84.9 Å². The highest BCUT2D eigenvalue weighted by Crippen LogP contribution is 2.69. The van der Waals surface area contributed by atoms with E-state index in [0.29, 0.717) is 63.0 Å². The molecule has 5 heterocycles. The predicted molar refractivity (Wildman–Crippen MR) is 324 cm³/mol. The van der Waals surface area contributed by atoms with Crippen molar-refractivity contribution in [2.24, 2.45) is 64.4 Å². The number of dihydropyridines is 1. The van der Waals surface area contributed by atoms with Crippen molar-refractivity contribution < 1.29 is 45.0 Å². The summed E-state index contributed by atoms with van der Waals surface area (Å²) >= 11 is 0. The van der Waals surface area contributed by atoms with Crippen LogP contribution >= 0.6 is 0 Å². The quantitative estimate of drug-likeness (QED) is 0.0489. The maximum Gasteiger partial charge on any atom is 0.160 e. The number of H-pyrrole nitrogens is 1. The van der Waals surface area contributed by atoms with Crippen LogP contribution in [0.3, 0.4) is 0 Å². The number of hydrogen-bond acceptors (Lipinski definition) is 13. The molecule has 15 rings (SSSR count). The Morgan fingerprint density at radius 1 is 0.918 bits per heavy atom. The number of benzene rings is 3. The van der Waals surface area contributed by atoms with Crippen molar-refractivity contribution >= 4 is 28.4 Å². The number of allylic oxidation sites excluding steroid dienone is 3. The Labute approximate surface area is 498 Å². The molecular weight excluding hydrogens is 1070 g/mol. The molecule has 4 bridgehead atoms. The van der Waals surface area contributed by atoms with Gasteiger partial charge in [0.25, 0.3) is 0 Å². The largest absolute Gasteiger partial charge is 0.504 e. The van der Waals surface area contributed by atoms with Gasteiger partial charge in [0, 0.05) is 90.8 Å². The maximum absolute atomic E-state index is 15.3. The van der Waals surface area contributed by atoms with Crippen molar-refractivity contribution in [3.05, 3.63) is 124 Å². The third-order valence-corrected chi connectivity index (χ3v) is 23.3. The van der Waals surface area contributed by atoms with Crippen molar-refractivity contribution in [1.29, 1.82) is 0 Å². The monoisotopic (exact) mass is 1150 g/mol. The molecule has 20 unspecified atom stereocenters. The number of aromatic nitrogens is 1. The standard InChI is InChI=1S/C71H83N5O9/c1-70-23-6-10-45(70)9-5-11-51-64-47(17-19-61(83)84)62(50(36-75-70)66-68(64)67-52(76-51)34-53(77)46-16-14-44-35-74-69(66)63(44)65(46)67)43-21-25-71(59(82)30-43)24-20-41(49-33-56(80)57(85-2)29-40(49)15-18-58(71)81)28-54(78)55(79)32-48(42-22-26-73-60(72)31-42)39-13-12-37-7-3-4-8-38(37)27-39/h3-4,7-8,12-14,16,22,27,29,31,33,35,41,43,45-48,50-52,54-55,59,61-62,64-68,73-76,78-80,82-84H,6,10-11,15,17-19,21,23,25-26,28,30,32,34,36,72H2,1-2H3. The van der Waals surface area contributed by atoms with E-state index in [-0.39, 0.29) is 144 Å². The molecule has 0 amide bonds. The molecule has 12 N–H and O–H groups in total. The molecule has 1 aromatic heterocycles. The number of rotatable bonds is 12. The SMILES string of the molecule is COc1cc2c(cc1O)C(CC(O)C(O)CC(C1=CCNC(N)=C1)c1ccc3ccccc3c1)C#CC1(CCC(C3C4CNC5(C)CCCC5C#CCC5NC6CC(=O)C7C=Cc8c[nH]c9c8C7C6C(C94)C5C3CCC(O)O)CC1O)C(=O)CC2. The summed E-state index contributed by atoms with van der Waals surface area (Å²) < 4.78 is 5.62. The molecule has 7 aliphatic carbocycles. The highest BCUT2D eigenvalue weighted by Gasteiger charge is 2.67. The van der Waals surface area contributed by atoms with E-state index in [4.69, 9.17) is 10.5 Å². The van der Waals surface area contributed by atoms with Gasteiger partial charge in [0.2, 0.25) is 0 Å². The Kier molecular flexibility index (Phi) is 14.8. The van der Waals surface area contributed by atoms with E-state index in [2.05, 4.69) is 106 Å². The number of fused-ring (bicyclic) bond motifs is 5. The Morgan fingerprint density at radius 3 is 2.58 bits per heavy atom. The summed E-state index contributed by atoms with van der Waals surface area (Å²) in [6.07, 6.45) is 11.9. The first kappa shape index (κ1) is 56.6. The van der Waals surface area contributed by atoms with Crippen molar-refractivity contribution in [3.63, 3.8) is 0 Å². The van der Waals surface area contributed by atoms with Crippen molar-refractivity contribution in [1.82, 2.24) is 20.9 Å². The lowest BCUT2D eigenvalue weighted by Crippen LogP contribution is -2.70. The summed E-state index contributed by atoms with van der Waals surface area (Å²) in [6.45, 7) is 3.58. The molecule has 1 spiro atoms. The zero-order valence-electron chi connectivity index (χ0n) is 48.9. The van der Waals surface area contributed by atoms with Gasteiger partial charge in [-0.3, -0.25) is 9.59 Å². The third-order valence-electron chi connectivity index (χ3n) is 23.3. The molecule has 20 atom stereocenters. The van der Waals surface area contributed by atoms with Crippen LogP contribution in [0.2, 0.25) is 0 Å². The molecule has 0 radical (unpaired) electrons. The molecule has 3 aromatic carbocycles. The van der Waals surface area contributed by atoms with Crippen LogP contribution < -0.4 is 26.4 Å². The van der Waals surface area contributed by atoms with Crippen LogP contribution in [0.25, 0.3) is 16.8 Å². The van der Waals surface area contributed by atoms with Crippen LogP contribution in [0, 0.1) is 82.4 Å². The molecule has 1 saturated heterocycles. The number of nitrogens with two attached hydrogens (primary N) is 1. The number of carbonyl (C=O) groups is 2. The van der Waals surface area contributed by atoms with Crippen molar-refractivity contribution in [2.45, 2.75) is 163 Å². The molecule has 4 aliphatic heterocycles. The van der Waals surface area contributed by atoms with E-state index in [1.54, 1.807) is 12.1 Å². The Hall–Kier alpha value is -6.20. The van der Waals surface area contributed by atoms with Gasteiger partial charge in [0.15, 0.2) is 23.6 Å². The average molecular weight is 1150 g/mol. The number of hydrogen-bond donors (Lipinski definition) is 11. The summed E-state index contributed by atoms with van der Waals surface area (Å²) in [6, 6.07) is 17.7. The molecule has 446 valence electrons. The number of aliphatic hydroxyl groups is 5. The topological polar surface area (TPSA) is 243 Å². The molecule has 14 heteroatoms.